The van der Waals surface area contributed by atoms with Crippen LogP contribution >= 0.6 is 0 Å². The Kier molecular flexibility index (Phi) is 5.82. The van der Waals surface area contributed by atoms with E-state index in [1.807, 2.05) is 26.0 Å². The fourth-order valence-corrected chi connectivity index (χ4v) is 2.58. The van der Waals surface area contributed by atoms with E-state index in [-0.39, 0.29) is 5.69 Å². The van der Waals surface area contributed by atoms with E-state index in [1.54, 1.807) is 19.9 Å². The first kappa shape index (κ1) is 19.2. The number of H-pyrrole nitrogens is 1. The maximum absolute atomic E-state index is 12.2. The van der Waals surface area contributed by atoms with Crippen LogP contribution in [-0.4, -0.2) is 36.5 Å². The summed E-state index contributed by atoms with van der Waals surface area (Å²) >= 11 is 0. The number of aryl methyl sites for hydroxylation is 3. The van der Waals surface area contributed by atoms with Gasteiger partial charge in [0.2, 0.25) is 0 Å². The van der Waals surface area contributed by atoms with Crippen LogP contribution in [0.4, 0.5) is 5.69 Å². The van der Waals surface area contributed by atoms with Gasteiger partial charge in [0.25, 0.3) is 5.91 Å². The van der Waals surface area contributed by atoms with E-state index < -0.39 is 24.5 Å². The standard InChI is InChI=1S/C19H22N2O5/c1-10-6-7-14(8-11(10)2)21-15(22)9-26-19(24)17-12(3)16(13(4)20-17)18(23)25-5/h6-8,20H,9H2,1-5H3,(H,21,22). The van der Waals surface area contributed by atoms with Crippen molar-refractivity contribution in [3.05, 3.63) is 51.8 Å². The largest absolute Gasteiger partial charge is 0.465 e. The third kappa shape index (κ3) is 4.11. The van der Waals surface area contributed by atoms with Gasteiger partial charge in [-0.15, -0.1) is 0 Å². The number of esters is 2. The molecule has 0 saturated carbocycles. The molecule has 0 saturated heterocycles. The number of aromatic amines is 1. The molecule has 0 fully saturated rings. The summed E-state index contributed by atoms with van der Waals surface area (Å²) in [4.78, 5) is 38.8. The lowest BCUT2D eigenvalue weighted by Gasteiger charge is -2.08. The second kappa shape index (κ2) is 7.86. The van der Waals surface area contributed by atoms with Crippen molar-refractivity contribution in [1.29, 1.82) is 0 Å². The lowest BCUT2D eigenvalue weighted by atomic mass is 10.1. The summed E-state index contributed by atoms with van der Waals surface area (Å²) in [5, 5.41) is 2.67. The minimum Gasteiger partial charge on any atom is -0.465 e. The first-order valence-corrected chi connectivity index (χ1v) is 8.06. The van der Waals surface area contributed by atoms with E-state index in [9.17, 15) is 14.4 Å². The predicted molar refractivity (Wildman–Crippen MR) is 96.4 cm³/mol. The topological polar surface area (TPSA) is 97.5 Å². The molecule has 138 valence electrons. The Hall–Kier alpha value is -3.09. The molecular weight excluding hydrogens is 336 g/mol. The van der Waals surface area contributed by atoms with Crippen LogP contribution in [0, 0.1) is 27.7 Å². The Morgan fingerprint density at radius 3 is 2.35 bits per heavy atom. The number of ether oxygens (including phenoxy) is 2. The summed E-state index contributed by atoms with van der Waals surface area (Å²) in [5.41, 5.74) is 4.14. The van der Waals surface area contributed by atoms with Gasteiger partial charge in [0.05, 0.1) is 12.7 Å². The van der Waals surface area contributed by atoms with Crippen LogP contribution < -0.4 is 5.32 Å². The van der Waals surface area contributed by atoms with Crippen molar-refractivity contribution in [2.75, 3.05) is 19.0 Å². The second-order valence-electron chi connectivity index (χ2n) is 6.04. The van der Waals surface area contributed by atoms with Crippen molar-refractivity contribution < 1.29 is 23.9 Å². The SMILES string of the molecule is COC(=O)c1c(C)[nH]c(C(=O)OCC(=O)Nc2ccc(C)c(C)c2)c1C. The molecule has 1 aromatic heterocycles. The van der Waals surface area contributed by atoms with Crippen molar-refractivity contribution in [2.24, 2.45) is 0 Å². The lowest BCUT2D eigenvalue weighted by Crippen LogP contribution is -2.21. The zero-order valence-corrected chi connectivity index (χ0v) is 15.5. The van der Waals surface area contributed by atoms with Gasteiger partial charge < -0.3 is 19.8 Å². The molecule has 7 nitrogen and oxygen atoms in total. The van der Waals surface area contributed by atoms with Crippen molar-refractivity contribution in [3.8, 4) is 0 Å². The number of hydrogen-bond acceptors (Lipinski definition) is 5. The molecule has 1 amide bonds. The molecule has 2 rings (SSSR count). The van der Waals surface area contributed by atoms with Crippen molar-refractivity contribution >= 4 is 23.5 Å². The minimum atomic E-state index is -0.712. The van der Waals surface area contributed by atoms with Crippen LogP contribution in [-0.2, 0) is 14.3 Å². The Bertz CT molecular complexity index is 867. The quantitative estimate of drug-likeness (QED) is 0.801. The maximum Gasteiger partial charge on any atom is 0.355 e. The zero-order valence-electron chi connectivity index (χ0n) is 15.5. The molecule has 1 aromatic carbocycles. The number of amides is 1. The van der Waals surface area contributed by atoms with Crippen LogP contribution in [0.5, 0.6) is 0 Å². The molecule has 0 atom stereocenters. The Balaban J connectivity index is 2.01. The van der Waals surface area contributed by atoms with Crippen LogP contribution in [0.1, 0.15) is 43.2 Å². The molecule has 0 aliphatic rings. The van der Waals surface area contributed by atoms with Gasteiger partial charge in [0.15, 0.2) is 6.61 Å². The third-order valence-corrected chi connectivity index (χ3v) is 4.16. The highest BCUT2D eigenvalue weighted by atomic mass is 16.5. The van der Waals surface area contributed by atoms with Gasteiger partial charge in [-0.25, -0.2) is 9.59 Å². The highest BCUT2D eigenvalue weighted by Gasteiger charge is 2.23. The molecular formula is C19H22N2O5. The van der Waals surface area contributed by atoms with Gasteiger partial charge in [-0.2, -0.15) is 0 Å². The first-order valence-electron chi connectivity index (χ1n) is 8.06. The van der Waals surface area contributed by atoms with Crippen LogP contribution in [0.15, 0.2) is 18.2 Å². The number of methoxy groups -OCH3 is 1. The van der Waals surface area contributed by atoms with E-state index in [2.05, 4.69) is 10.3 Å². The van der Waals surface area contributed by atoms with E-state index in [1.165, 1.54) is 7.11 Å². The first-order chi connectivity index (χ1) is 12.2. The number of carbonyl (C=O) groups is 3. The number of rotatable bonds is 5. The molecule has 0 spiro atoms. The summed E-state index contributed by atoms with van der Waals surface area (Å²) in [6.07, 6.45) is 0. The summed E-state index contributed by atoms with van der Waals surface area (Å²) in [6, 6.07) is 5.52. The van der Waals surface area contributed by atoms with E-state index in [0.717, 1.165) is 11.1 Å². The van der Waals surface area contributed by atoms with Gasteiger partial charge in [0.1, 0.15) is 5.69 Å². The second-order valence-corrected chi connectivity index (χ2v) is 6.04. The maximum atomic E-state index is 12.2. The Morgan fingerprint density at radius 2 is 1.73 bits per heavy atom. The van der Waals surface area contributed by atoms with Crippen LogP contribution in [0.3, 0.4) is 0 Å². The van der Waals surface area contributed by atoms with Gasteiger partial charge in [-0.3, -0.25) is 4.79 Å². The van der Waals surface area contributed by atoms with E-state index in [0.29, 0.717) is 22.5 Å². The molecule has 26 heavy (non-hydrogen) atoms. The third-order valence-electron chi connectivity index (χ3n) is 4.16. The monoisotopic (exact) mass is 358 g/mol. The smallest absolute Gasteiger partial charge is 0.355 e. The summed E-state index contributed by atoms with van der Waals surface area (Å²) in [6.45, 7) is 6.76. The van der Waals surface area contributed by atoms with Crippen LogP contribution in [0.2, 0.25) is 0 Å². The van der Waals surface area contributed by atoms with Gasteiger partial charge >= 0.3 is 11.9 Å². The molecule has 0 aliphatic carbocycles. The fraction of sp³-hybridized carbons (Fsp3) is 0.316. The number of aromatic nitrogens is 1. The highest BCUT2D eigenvalue weighted by molar-refractivity contribution is 5.99. The van der Waals surface area contributed by atoms with Crippen molar-refractivity contribution in [2.45, 2.75) is 27.7 Å². The van der Waals surface area contributed by atoms with E-state index >= 15 is 0 Å². The Morgan fingerprint density at radius 1 is 1.04 bits per heavy atom. The summed E-state index contributed by atoms with van der Waals surface area (Å²) < 4.78 is 9.74. The average Bonchev–Trinajstić information content (AvgIpc) is 2.90. The van der Waals surface area contributed by atoms with E-state index in [4.69, 9.17) is 9.47 Å². The molecule has 1 heterocycles. The Labute approximate surface area is 151 Å². The highest BCUT2D eigenvalue weighted by Crippen LogP contribution is 2.19. The molecule has 7 heteroatoms. The number of hydrogen-bond donors (Lipinski definition) is 2. The van der Waals surface area contributed by atoms with Gasteiger partial charge in [-0.1, -0.05) is 6.07 Å². The lowest BCUT2D eigenvalue weighted by molar-refractivity contribution is -0.119. The molecule has 0 aliphatic heterocycles. The van der Waals surface area contributed by atoms with Gasteiger partial charge in [-0.05, 0) is 56.5 Å². The molecule has 0 radical (unpaired) electrons. The zero-order chi connectivity index (χ0) is 19.4. The average molecular weight is 358 g/mol. The minimum absolute atomic E-state index is 0.127. The normalized spacial score (nSPS) is 10.3. The van der Waals surface area contributed by atoms with Crippen molar-refractivity contribution in [1.82, 2.24) is 4.98 Å². The number of carbonyl (C=O) groups excluding carboxylic acids is 3. The van der Waals surface area contributed by atoms with Crippen LogP contribution in [0.25, 0.3) is 0 Å². The fourth-order valence-electron chi connectivity index (χ4n) is 2.58. The molecule has 0 bridgehead atoms. The number of nitrogens with one attached hydrogen (secondary N) is 2. The summed E-state index contributed by atoms with van der Waals surface area (Å²) in [5.74, 6) is -1.70. The van der Waals surface area contributed by atoms with Gasteiger partial charge in [0, 0.05) is 11.4 Å². The number of anilines is 1. The molecule has 0 unspecified atom stereocenters. The molecule has 2 aromatic rings. The summed E-state index contributed by atoms with van der Waals surface area (Å²) in [7, 11) is 1.27. The number of benzene rings is 1. The predicted octanol–water partition coefficient (Wildman–Crippen LogP) is 2.83. The van der Waals surface area contributed by atoms with Crippen molar-refractivity contribution in [3.63, 3.8) is 0 Å². The molecule has 2 N–H and O–H groups in total.